The zero-order valence-electron chi connectivity index (χ0n) is 26.1. The third-order valence-electron chi connectivity index (χ3n) is 8.64. The number of nitrogens with zero attached hydrogens (tertiary/aromatic N) is 1. The predicted octanol–water partition coefficient (Wildman–Crippen LogP) is 12.1. The lowest BCUT2D eigenvalue weighted by Gasteiger charge is -2.17. The lowest BCUT2D eigenvalue weighted by molar-refractivity contribution is -0.727. The van der Waals surface area contributed by atoms with Gasteiger partial charge in [0.15, 0.2) is 0 Å². The van der Waals surface area contributed by atoms with Crippen LogP contribution in [0.3, 0.4) is 0 Å². The molecule has 1 aromatic heterocycles. The summed E-state index contributed by atoms with van der Waals surface area (Å²) in [6.45, 7) is 9.40. The molecule has 0 aliphatic carbocycles. The second-order valence-corrected chi connectivity index (χ2v) is 12.2. The van der Waals surface area contributed by atoms with Crippen LogP contribution in [-0.2, 0) is 0 Å². The number of unbranched alkanes of at least 4 members (excludes halogenated alkanes) is 20. The van der Waals surface area contributed by atoms with E-state index in [4.69, 9.17) is 0 Å². The lowest BCUT2D eigenvalue weighted by atomic mass is 9.93. The van der Waals surface area contributed by atoms with E-state index < -0.39 is 0 Å². The van der Waals surface area contributed by atoms with Crippen molar-refractivity contribution in [2.75, 3.05) is 0 Å². The molecule has 0 aliphatic rings. The van der Waals surface area contributed by atoms with Crippen molar-refractivity contribution in [1.82, 2.24) is 4.98 Å². The van der Waals surface area contributed by atoms with E-state index in [2.05, 4.69) is 49.6 Å². The van der Waals surface area contributed by atoms with Gasteiger partial charge in [0.2, 0.25) is 0 Å². The quantitative estimate of drug-likeness (QED) is 0.0842. The van der Waals surface area contributed by atoms with Gasteiger partial charge in [-0.3, -0.25) is 0 Å². The maximum absolute atomic E-state index is 3.71. The smallest absolute Gasteiger partial charge is 0.247 e. The minimum atomic E-state index is 0.622. The Hall–Kier alpha value is -0.790. The Morgan fingerprint density at radius 1 is 0.514 bits per heavy atom. The van der Waals surface area contributed by atoms with Crippen molar-refractivity contribution in [3.05, 3.63) is 18.2 Å². The molecule has 2 unspecified atom stereocenters. The van der Waals surface area contributed by atoms with Crippen LogP contribution in [0.4, 0.5) is 0 Å². The van der Waals surface area contributed by atoms with Gasteiger partial charge in [0, 0.05) is 0 Å². The number of aromatic nitrogens is 2. The summed E-state index contributed by atoms with van der Waals surface area (Å²) >= 11 is 0. The highest BCUT2D eigenvalue weighted by Crippen LogP contribution is 2.27. The third-order valence-corrected chi connectivity index (χ3v) is 8.64. The van der Waals surface area contributed by atoms with E-state index in [0.717, 1.165) is 0 Å². The predicted molar refractivity (Wildman–Crippen MR) is 166 cm³/mol. The van der Waals surface area contributed by atoms with Crippen LogP contribution in [0.5, 0.6) is 0 Å². The molecule has 37 heavy (non-hydrogen) atoms. The molecule has 2 nitrogen and oxygen atoms in total. The average Bonchev–Trinajstić information content (AvgIpc) is 3.40. The van der Waals surface area contributed by atoms with Crippen molar-refractivity contribution < 1.29 is 4.57 Å². The Balaban J connectivity index is 2.37. The summed E-state index contributed by atoms with van der Waals surface area (Å²) in [7, 11) is 0. The Morgan fingerprint density at radius 2 is 0.865 bits per heavy atom. The average molecular weight is 518 g/mol. The maximum Gasteiger partial charge on any atom is 0.257 e. The third kappa shape index (κ3) is 18.2. The summed E-state index contributed by atoms with van der Waals surface area (Å²) in [5, 5.41) is 0. The van der Waals surface area contributed by atoms with E-state index in [1.54, 1.807) is 0 Å². The van der Waals surface area contributed by atoms with Crippen LogP contribution in [0.1, 0.15) is 212 Å². The first-order valence-electron chi connectivity index (χ1n) is 17.3. The Kier molecular flexibility index (Phi) is 23.6. The van der Waals surface area contributed by atoms with E-state index in [0.29, 0.717) is 12.0 Å². The number of H-pyrrole nitrogens is 1. The van der Waals surface area contributed by atoms with Gasteiger partial charge in [-0.2, -0.15) is 0 Å². The Morgan fingerprint density at radius 3 is 1.30 bits per heavy atom. The van der Waals surface area contributed by atoms with Gasteiger partial charge in [-0.15, -0.1) is 0 Å². The van der Waals surface area contributed by atoms with Gasteiger partial charge < -0.3 is 0 Å². The second-order valence-electron chi connectivity index (χ2n) is 12.2. The van der Waals surface area contributed by atoms with Gasteiger partial charge >= 0.3 is 0 Å². The fourth-order valence-corrected chi connectivity index (χ4v) is 6.07. The van der Waals surface area contributed by atoms with E-state index in [1.165, 1.54) is 173 Å². The molecule has 1 rings (SSSR count). The summed E-state index contributed by atoms with van der Waals surface area (Å²) < 4.78 is 2.62. The normalized spacial score (nSPS) is 13.3. The second kappa shape index (κ2) is 25.5. The van der Waals surface area contributed by atoms with E-state index in [9.17, 15) is 0 Å². The monoisotopic (exact) mass is 518 g/mol. The van der Waals surface area contributed by atoms with E-state index in [1.807, 2.05) is 0 Å². The van der Waals surface area contributed by atoms with Crippen molar-refractivity contribution >= 4 is 0 Å². The number of rotatable bonds is 28. The lowest BCUT2D eigenvalue weighted by Crippen LogP contribution is -2.41. The van der Waals surface area contributed by atoms with Crippen LogP contribution < -0.4 is 4.57 Å². The van der Waals surface area contributed by atoms with Crippen molar-refractivity contribution in [1.29, 1.82) is 0 Å². The highest BCUT2D eigenvalue weighted by Gasteiger charge is 2.25. The van der Waals surface area contributed by atoms with Gasteiger partial charge in [0.25, 0.3) is 5.82 Å². The Bertz CT molecular complexity index is 578. The number of imidazole rings is 1. The summed E-state index contributed by atoms with van der Waals surface area (Å²) in [5.41, 5.74) is 0. The van der Waals surface area contributed by atoms with Gasteiger partial charge in [-0.05, 0) is 32.6 Å². The molecule has 1 aromatic rings. The molecule has 0 amide bonds. The molecule has 0 aliphatic heterocycles. The molecule has 0 spiro atoms. The molecule has 0 aromatic carbocycles. The van der Waals surface area contributed by atoms with E-state index in [-0.39, 0.29) is 0 Å². The molecule has 0 saturated heterocycles. The number of aromatic amines is 1. The summed E-state index contributed by atoms with van der Waals surface area (Å²) in [6.07, 6.45) is 41.2. The van der Waals surface area contributed by atoms with Crippen molar-refractivity contribution in [3.8, 4) is 0 Å². The molecule has 1 heterocycles. The molecule has 1 N–H and O–H groups in total. The number of hydrogen-bond acceptors (Lipinski definition) is 0. The highest BCUT2D eigenvalue weighted by atomic mass is 15.1. The minimum Gasteiger partial charge on any atom is -0.247 e. The summed E-state index contributed by atoms with van der Waals surface area (Å²) in [6, 6.07) is 0.622. The first-order valence-corrected chi connectivity index (χ1v) is 17.3. The molecular formula is C35H69N2+. The summed E-state index contributed by atoms with van der Waals surface area (Å²) in [4.78, 5) is 3.71. The fraction of sp³-hybridized carbons (Fsp3) is 0.914. The topological polar surface area (TPSA) is 19.7 Å². The van der Waals surface area contributed by atoms with Crippen LogP contribution in [-0.4, -0.2) is 4.98 Å². The number of nitrogens with one attached hydrogen (secondary N) is 1. The van der Waals surface area contributed by atoms with Gasteiger partial charge in [-0.25, -0.2) is 9.55 Å². The largest absolute Gasteiger partial charge is 0.257 e. The molecule has 0 bridgehead atoms. The van der Waals surface area contributed by atoms with E-state index >= 15 is 0 Å². The van der Waals surface area contributed by atoms with Crippen LogP contribution >= 0.6 is 0 Å². The fourth-order valence-electron chi connectivity index (χ4n) is 6.07. The standard InChI is InChI=1S/C35H68N2/c1-5-8-11-14-16-18-19-20-21-23-25-28-33(4)37-32-31-36-35(37)34(29-26-13-10-7-3)30-27-24-22-17-15-12-9-6-2/h31-34H,5-30H2,1-4H3/p+1. The van der Waals surface area contributed by atoms with Gasteiger partial charge in [-0.1, -0.05) is 162 Å². The van der Waals surface area contributed by atoms with Crippen LogP contribution in [0.25, 0.3) is 0 Å². The summed E-state index contributed by atoms with van der Waals surface area (Å²) in [5.74, 6) is 2.24. The van der Waals surface area contributed by atoms with Crippen molar-refractivity contribution in [2.45, 2.75) is 207 Å². The Labute approximate surface area is 234 Å². The van der Waals surface area contributed by atoms with Gasteiger partial charge in [0.1, 0.15) is 12.4 Å². The molecule has 0 radical (unpaired) electrons. The van der Waals surface area contributed by atoms with Crippen LogP contribution in [0.2, 0.25) is 0 Å². The molecule has 0 fully saturated rings. The molecule has 0 saturated carbocycles. The molecule has 2 atom stereocenters. The zero-order valence-corrected chi connectivity index (χ0v) is 26.1. The first kappa shape index (κ1) is 34.2. The van der Waals surface area contributed by atoms with Crippen LogP contribution in [0.15, 0.2) is 12.4 Å². The molecule has 218 valence electrons. The highest BCUT2D eigenvalue weighted by molar-refractivity contribution is 4.90. The molecule has 2 heteroatoms. The maximum atomic E-state index is 3.71. The molecular weight excluding hydrogens is 448 g/mol. The van der Waals surface area contributed by atoms with Crippen molar-refractivity contribution in [2.24, 2.45) is 0 Å². The van der Waals surface area contributed by atoms with Crippen LogP contribution in [0, 0.1) is 0 Å². The first-order chi connectivity index (χ1) is 18.2. The SMILES string of the molecule is CCCCCCCCCCCCCC(C)[n+]1cc[nH]c1C(CCCCCC)CCCCCCCCCC. The minimum absolute atomic E-state index is 0.622. The van der Waals surface area contributed by atoms with Gasteiger partial charge in [0.05, 0.1) is 12.0 Å². The number of hydrogen-bond donors (Lipinski definition) is 1. The zero-order chi connectivity index (χ0) is 26.8. The van der Waals surface area contributed by atoms with Crippen molar-refractivity contribution in [3.63, 3.8) is 0 Å².